The van der Waals surface area contributed by atoms with Gasteiger partial charge in [0.15, 0.2) is 5.16 Å². The highest BCUT2D eigenvalue weighted by Gasteiger charge is 2.29. The average Bonchev–Trinajstić information content (AvgIpc) is 2.98. The van der Waals surface area contributed by atoms with Gasteiger partial charge in [0.05, 0.1) is 28.9 Å². The van der Waals surface area contributed by atoms with E-state index in [0.717, 1.165) is 32.8 Å². The van der Waals surface area contributed by atoms with Crippen LogP contribution in [0, 0.1) is 3.57 Å². The number of imidazole rings is 1. The van der Waals surface area contributed by atoms with Gasteiger partial charge < -0.3 is 14.4 Å². The standard InChI is InChI=1S/C14H15IN2O3S/c1-8-11(4-5-20-8)17-12-3-2-9(15)6-10(12)16-14(17)21-7-13(18)19/h2-3,6,8,11H,4-5,7H2,1H3,(H,18,19). The molecule has 0 aliphatic carbocycles. The van der Waals surface area contributed by atoms with Gasteiger partial charge in [-0.1, -0.05) is 11.8 Å². The van der Waals surface area contributed by atoms with Gasteiger partial charge in [-0.3, -0.25) is 4.79 Å². The van der Waals surface area contributed by atoms with E-state index in [4.69, 9.17) is 9.84 Å². The zero-order valence-electron chi connectivity index (χ0n) is 11.5. The first-order valence-electron chi connectivity index (χ1n) is 6.70. The quantitative estimate of drug-likeness (QED) is 0.611. The molecule has 3 rings (SSSR count). The van der Waals surface area contributed by atoms with Crippen molar-refractivity contribution < 1.29 is 14.6 Å². The number of ether oxygens (including phenoxy) is 1. The predicted molar refractivity (Wildman–Crippen MR) is 89.9 cm³/mol. The van der Waals surface area contributed by atoms with Crippen LogP contribution in [0.25, 0.3) is 11.0 Å². The Bertz CT molecular complexity index is 688. The normalized spacial score (nSPS) is 22.0. The number of fused-ring (bicyclic) bond motifs is 1. The zero-order valence-corrected chi connectivity index (χ0v) is 14.4. The number of aliphatic carboxylic acids is 1. The summed E-state index contributed by atoms with van der Waals surface area (Å²) in [5, 5.41) is 9.68. The summed E-state index contributed by atoms with van der Waals surface area (Å²) in [5.74, 6) is -0.813. The highest BCUT2D eigenvalue weighted by atomic mass is 127. The Labute approximate surface area is 140 Å². The molecule has 2 aromatic rings. The Hall–Kier alpha value is -0.800. The van der Waals surface area contributed by atoms with E-state index in [2.05, 4.69) is 45.1 Å². The van der Waals surface area contributed by atoms with Crippen molar-refractivity contribution in [2.24, 2.45) is 0 Å². The van der Waals surface area contributed by atoms with Crippen molar-refractivity contribution >= 4 is 51.4 Å². The van der Waals surface area contributed by atoms with E-state index < -0.39 is 5.97 Å². The minimum Gasteiger partial charge on any atom is -0.481 e. The van der Waals surface area contributed by atoms with Crippen LogP contribution in [0.5, 0.6) is 0 Å². The van der Waals surface area contributed by atoms with Crippen molar-refractivity contribution in [3.8, 4) is 0 Å². The van der Waals surface area contributed by atoms with E-state index in [1.165, 1.54) is 11.8 Å². The fourth-order valence-corrected chi connectivity index (χ4v) is 3.92. The second kappa shape index (κ2) is 6.13. The van der Waals surface area contributed by atoms with Crippen LogP contribution in [0.4, 0.5) is 0 Å². The minimum atomic E-state index is -0.830. The van der Waals surface area contributed by atoms with E-state index in [-0.39, 0.29) is 17.9 Å². The van der Waals surface area contributed by atoms with Gasteiger partial charge in [0.1, 0.15) is 0 Å². The van der Waals surface area contributed by atoms with Crippen LogP contribution >= 0.6 is 34.4 Å². The molecule has 0 amide bonds. The summed E-state index contributed by atoms with van der Waals surface area (Å²) in [7, 11) is 0. The van der Waals surface area contributed by atoms with Crippen molar-refractivity contribution in [1.82, 2.24) is 9.55 Å². The van der Waals surface area contributed by atoms with Crippen molar-refractivity contribution in [3.05, 3.63) is 21.8 Å². The van der Waals surface area contributed by atoms with Crippen LogP contribution in [-0.4, -0.2) is 39.1 Å². The summed E-state index contributed by atoms with van der Waals surface area (Å²) in [6, 6.07) is 6.34. The lowest BCUT2D eigenvalue weighted by atomic mass is 10.1. The number of carbonyl (C=O) groups is 1. The predicted octanol–water partition coefficient (Wildman–Crippen LogP) is 3.17. The molecule has 2 unspecified atom stereocenters. The Morgan fingerprint density at radius 1 is 1.62 bits per heavy atom. The zero-order chi connectivity index (χ0) is 15.0. The number of hydrogen-bond donors (Lipinski definition) is 1. The number of rotatable bonds is 4. The summed E-state index contributed by atoms with van der Waals surface area (Å²) in [6.07, 6.45) is 1.05. The molecule has 1 aliphatic rings. The fraction of sp³-hybridized carbons (Fsp3) is 0.429. The summed E-state index contributed by atoms with van der Waals surface area (Å²) in [5.41, 5.74) is 1.96. The third-order valence-electron chi connectivity index (χ3n) is 3.61. The summed E-state index contributed by atoms with van der Waals surface area (Å²) >= 11 is 3.53. The summed E-state index contributed by atoms with van der Waals surface area (Å²) < 4.78 is 8.94. The van der Waals surface area contributed by atoms with Gasteiger partial charge in [0.25, 0.3) is 0 Å². The van der Waals surface area contributed by atoms with Gasteiger partial charge in [0, 0.05) is 10.2 Å². The molecule has 112 valence electrons. The third-order valence-corrected chi connectivity index (χ3v) is 5.22. The van der Waals surface area contributed by atoms with Crippen molar-refractivity contribution in [2.45, 2.75) is 30.6 Å². The molecule has 1 N–H and O–H groups in total. The number of aromatic nitrogens is 2. The molecule has 0 saturated carbocycles. The fourth-order valence-electron chi connectivity index (χ4n) is 2.66. The Morgan fingerprint density at radius 2 is 2.43 bits per heavy atom. The highest BCUT2D eigenvalue weighted by Crippen LogP contribution is 2.35. The van der Waals surface area contributed by atoms with Crippen molar-refractivity contribution in [1.29, 1.82) is 0 Å². The van der Waals surface area contributed by atoms with E-state index in [1.54, 1.807) is 0 Å². The first-order valence-corrected chi connectivity index (χ1v) is 8.76. The first kappa shape index (κ1) is 15.1. The second-order valence-electron chi connectivity index (χ2n) is 5.01. The molecule has 2 heterocycles. The minimum absolute atomic E-state index is 0.0162. The lowest BCUT2D eigenvalue weighted by molar-refractivity contribution is -0.133. The van der Waals surface area contributed by atoms with Crippen LogP contribution in [-0.2, 0) is 9.53 Å². The van der Waals surface area contributed by atoms with E-state index in [9.17, 15) is 4.79 Å². The van der Waals surface area contributed by atoms with Gasteiger partial charge in [0.2, 0.25) is 0 Å². The number of nitrogens with zero attached hydrogens (tertiary/aromatic N) is 2. The highest BCUT2D eigenvalue weighted by molar-refractivity contribution is 14.1. The molecule has 21 heavy (non-hydrogen) atoms. The molecule has 7 heteroatoms. The topological polar surface area (TPSA) is 64.3 Å². The average molecular weight is 418 g/mol. The molecule has 1 fully saturated rings. The molecular weight excluding hydrogens is 403 g/mol. The van der Waals surface area contributed by atoms with Crippen LogP contribution in [0.15, 0.2) is 23.4 Å². The van der Waals surface area contributed by atoms with Gasteiger partial charge in [-0.25, -0.2) is 4.98 Å². The van der Waals surface area contributed by atoms with Gasteiger partial charge in [-0.15, -0.1) is 0 Å². The number of carboxylic acids is 1. The lowest BCUT2D eigenvalue weighted by Crippen LogP contribution is -2.18. The smallest absolute Gasteiger partial charge is 0.313 e. The molecule has 0 spiro atoms. The maximum atomic E-state index is 10.9. The molecule has 2 atom stereocenters. The maximum absolute atomic E-state index is 10.9. The number of hydrogen-bond acceptors (Lipinski definition) is 4. The lowest BCUT2D eigenvalue weighted by Gasteiger charge is -2.19. The third kappa shape index (κ3) is 3.04. The largest absolute Gasteiger partial charge is 0.481 e. The molecule has 5 nitrogen and oxygen atoms in total. The number of benzene rings is 1. The molecular formula is C14H15IN2O3S. The second-order valence-corrected chi connectivity index (χ2v) is 7.20. The molecule has 0 bridgehead atoms. The van der Waals surface area contributed by atoms with Crippen LogP contribution in [0.1, 0.15) is 19.4 Å². The maximum Gasteiger partial charge on any atom is 0.313 e. The summed E-state index contributed by atoms with van der Waals surface area (Å²) in [6.45, 7) is 2.79. The summed E-state index contributed by atoms with van der Waals surface area (Å²) in [4.78, 5) is 15.5. The first-order chi connectivity index (χ1) is 10.1. The Morgan fingerprint density at radius 3 is 3.10 bits per heavy atom. The van der Waals surface area contributed by atoms with Crippen LogP contribution in [0.2, 0.25) is 0 Å². The Kier molecular flexibility index (Phi) is 4.41. The van der Waals surface area contributed by atoms with E-state index >= 15 is 0 Å². The van der Waals surface area contributed by atoms with Crippen LogP contribution in [0.3, 0.4) is 0 Å². The number of halogens is 1. The van der Waals surface area contributed by atoms with Gasteiger partial charge in [-0.2, -0.15) is 0 Å². The van der Waals surface area contributed by atoms with E-state index in [1.807, 2.05) is 12.1 Å². The van der Waals surface area contributed by atoms with Crippen LogP contribution < -0.4 is 0 Å². The van der Waals surface area contributed by atoms with E-state index in [0.29, 0.717) is 0 Å². The number of carboxylic acid groups (broad SMARTS) is 1. The van der Waals surface area contributed by atoms with Crippen molar-refractivity contribution in [3.63, 3.8) is 0 Å². The van der Waals surface area contributed by atoms with Gasteiger partial charge >= 0.3 is 5.97 Å². The molecule has 1 aromatic heterocycles. The monoisotopic (exact) mass is 418 g/mol. The number of thioether (sulfide) groups is 1. The molecule has 1 aliphatic heterocycles. The molecule has 0 radical (unpaired) electrons. The van der Waals surface area contributed by atoms with Crippen molar-refractivity contribution in [2.75, 3.05) is 12.4 Å². The van der Waals surface area contributed by atoms with Gasteiger partial charge in [-0.05, 0) is 54.1 Å². The molecule has 1 aromatic carbocycles. The Balaban J connectivity index is 2.08. The SMILES string of the molecule is CC1OCCC1n1c(SCC(=O)O)nc2cc(I)ccc21. The molecule has 1 saturated heterocycles.